The molecule has 3 N–H and O–H groups in total. The van der Waals surface area contributed by atoms with Crippen molar-refractivity contribution in [3.8, 4) is 0 Å². The van der Waals surface area contributed by atoms with Gasteiger partial charge >= 0.3 is 0 Å². The van der Waals surface area contributed by atoms with Crippen LogP contribution in [0.15, 0.2) is 0 Å². The third-order valence-electron chi connectivity index (χ3n) is 6.47. The molecule has 0 aromatic rings. The fourth-order valence-electron chi connectivity index (χ4n) is 3.98. The van der Waals surface area contributed by atoms with Crippen molar-refractivity contribution in [1.29, 1.82) is 0 Å². The van der Waals surface area contributed by atoms with Crippen LogP contribution in [0.5, 0.6) is 0 Å². The Hall–Kier alpha value is -0.570. The minimum absolute atomic E-state index is 0.202. The number of hydrogen-bond donors (Lipinski definition) is 2. The number of amides is 1. The molecule has 0 atom stereocenters. The molecule has 1 amide bonds. The maximum Gasteiger partial charge on any atom is 0.227 e. The van der Waals surface area contributed by atoms with Crippen molar-refractivity contribution < 1.29 is 4.79 Å². The van der Waals surface area contributed by atoms with Crippen LogP contribution in [0, 0.1) is 22.2 Å². The molecular weight excluding hydrogens is 236 g/mol. The van der Waals surface area contributed by atoms with Crippen molar-refractivity contribution in [3.05, 3.63) is 0 Å². The monoisotopic (exact) mass is 266 g/mol. The largest absolute Gasteiger partial charge is 0.355 e. The SMILES string of the molecule is CC1(C)C(CNC(=O)C2(CN)CCCCC2)C1(C)C. The highest BCUT2D eigenvalue weighted by Gasteiger charge is 2.64. The Kier molecular flexibility index (Phi) is 3.72. The molecule has 0 radical (unpaired) electrons. The first-order valence-corrected chi connectivity index (χ1v) is 7.76. The van der Waals surface area contributed by atoms with Crippen LogP contribution in [0.25, 0.3) is 0 Å². The molecule has 0 heterocycles. The molecule has 2 saturated carbocycles. The van der Waals surface area contributed by atoms with Crippen LogP contribution < -0.4 is 11.1 Å². The molecule has 0 saturated heterocycles. The summed E-state index contributed by atoms with van der Waals surface area (Å²) in [7, 11) is 0. The third kappa shape index (κ3) is 2.31. The maximum absolute atomic E-state index is 12.5. The van der Waals surface area contributed by atoms with E-state index in [-0.39, 0.29) is 11.3 Å². The molecule has 19 heavy (non-hydrogen) atoms. The Morgan fingerprint density at radius 2 is 1.63 bits per heavy atom. The van der Waals surface area contributed by atoms with Gasteiger partial charge in [-0.05, 0) is 29.6 Å². The summed E-state index contributed by atoms with van der Waals surface area (Å²) in [6.45, 7) is 10.5. The second-order valence-corrected chi connectivity index (χ2v) is 7.75. The van der Waals surface area contributed by atoms with E-state index in [1.54, 1.807) is 0 Å². The second kappa shape index (κ2) is 4.76. The minimum Gasteiger partial charge on any atom is -0.355 e. The summed E-state index contributed by atoms with van der Waals surface area (Å²) in [5.41, 5.74) is 6.30. The Morgan fingerprint density at radius 3 is 2.05 bits per heavy atom. The van der Waals surface area contributed by atoms with Gasteiger partial charge in [-0.1, -0.05) is 47.0 Å². The van der Waals surface area contributed by atoms with Gasteiger partial charge in [0.15, 0.2) is 0 Å². The van der Waals surface area contributed by atoms with E-state index in [2.05, 4.69) is 33.0 Å². The van der Waals surface area contributed by atoms with Gasteiger partial charge in [0.2, 0.25) is 5.91 Å². The average molecular weight is 266 g/mol. The van der Waals surface area contributed by atoms with Gasteiger partial charge in [-0.15, -0.1) is 0 Å². The van der Waals surface area contributed by atoms with Crippen LogP contribution in [0.3, 0.4) is 0 Å². The molecule has 0 aromatic carbocycles. The van der Waals surface area contributed by atoms with Gasteiger partial charge in [0.05, 0.1) is 5.41 Å². The first-order valence-electron chi connectivity index (χ1n) is 7.76. The number of carbonyl (C=O) groups is 1. The molecule has 2 aliphatic rings. The summed E-state index contributed by atoms with van der Waals surface area (Å²) in [6.07, 6.45) is 5.47. The third-order valence-corrected chi connectivity index (χ3v) is 6.47. The molecule has 2 aliphatic carbocycles. The summed E-state index contributed by atoms with van der Waals surface area (Å²) in [5.74, 6) is 0.788. The van der Waals surface area contributed by atoms with Crippen LogP contribution in [0.1, 0.15) is 59.8 Å². The highest BCUT2D eigenvalue weighted by atomic mass is 16.2. The van der Waals surface area contributed by atoms with E-state index >= 15 is 0 Å². The van der Waals surface area contributed by atoms with Gasteiger partial charge in [-0.25, -0.2) is 0 Å². The van der Waals surface area contributed by atoms with Crippen molar-refractivity contribution in [2.75, 3.05) is 13.1 Å². The molecule has 110 valence electrons. The molecule has 2 rings (SSSR count). The summed E-state index contributed by atoms with van der Waals surface area (Å²) in [5, 5.41) is 3.20. The summed E-state index contributed by atoms with van der Waals surface area (Å²) >= 11 is 0. The summed E-state index contributed by atoms with van der Waals surface area (Å²) in [6, 6.07) is 0. The molecule has 3 nitrogen and oxygen atoms in total. The van der Waals surface area contributed by atoms with Gasteiger partial charge in [0.25, 0.3) is 0 Å². The van der Waals surface area contributed by atoms with Gasteiger partial charge in [-0.3, -0.25) is 4.79 Å². The van der Waals surface area contributed by atoms with E-state index < -0.39 is 0 Å². The van der Waals surface area contributed by atoms with Gasteiger partial charge in [0, 0.05) is 13.1 Å². The van der Waals surface area contributed by atoms with Crippen LogP contribution in [-0.2, 0) is 4.79 Å². The molecule has 0 aromatic heterocycles. The number of rotatable bonds is 4. The first-order chi connectivity index (χ1) is 8.78. The van der Waals surface area contributed by atoms with E-state index in [9.17, 15) is 4.79 Å². The van der Waals surface area contributed by atoms with Crippen LogP contribution in [-0.4, -0.2) is 19.0 Å². The Bertz CT molecular complexity index is 340. The molecule has 2 fully saturated rings. The fraction of sp³-hybridized carbons (Fsp3) is 0.938. The number of carbonyl (C=O) groups excluding carboxylic acids is 1. The average Bonchev–Trinajstić information content (AvgIpc) is 2.77. The molecular formula is C16H30N2O. The maximum atomic E-state index is 12.5. The lowest BCUT2D eigenvalue weighted by molar-refractivity contribution is -0.132. The van der Waals surface area contributed by atoms with Gasteiger partial charge < -0.3 is 11.1 Å². The topological polar surface area (TPSA) is 55.1 Å². The van der Waals surface area contributed by atoms with Crippen LogP contribution in [0.2, 0.25) is 0 Å². The zero-order valence-corrected chi connectivity index (χ0v) is 13.0. The lowest BCUT2D eigenvalue weighted by Gasteiger charge is -2.34. The Morgan fingerprint density at radius 1 is 1.11 bits per heavy atom. The molecule has 0 bridgehead atoms. The summed E-state index contributed by atoms with van der Waals surface area (Å²) in [4.78, 5) is 12.5. The van der Waals surface area contributed by atoms with Crippen LogP contribution in [0.4, 0.5) is 0 Å². The van der Waals surface area contributed by atoms with Crippen molar-refractivity contribution in [2.24, 2.45) is 27.9 Å². The van der Waals surface area contributed by atoms with Gasteiger partial charge in [0.1, 0.15) is 0 Å². The number of nitrogens with one attached hydrogen (secondary N) is 1. The highest BCUT2D eigenvalue weighted by molar-refractivity contribution is 5.83. The predicted molar refractivity (Wildman–Crippen MR) is 78.6 cm³/mol. The van der Waals surface area contributed by atoms with E-state index in [1.807, 2.05) is 0 Å². The number of hydrogen-bond acceptors (Lipinski definition) is 2. The van der Waals surface area contributed by atoms with Crippen molar-refractivity contribution in [2.45, 2.75) is 59.8 Å². The van der Waals surface area contributed by atoms with Crippen molar-refractivity contribution in [3.63, 3.8) is 0 Å². The second-order valence-electron chi connectivity index (χ2n) is 7.75. The smallest absolute Gasteiger partial charge is 0.227 e. The summed E-state index contributed by atoms with van der Waals surface area (Å²) < 4.78 is 0. The Balaban J connectivity index is 1.91. The van der Waals surface area contributed by atoms with E-state index in [1.165, 1.54) is 6.42 Å². The molecule has 0 spiro atoms. The van der Waals surface area contributed by atoms with E-state index in [0.717, 1.165) is 32.2 Å². The minimum atomic E-state index is -0.276. The lowest BCUT2D eigenvalue weighted by Crippen LogP contribution is -2.47. The standard InChI is InChI=1S/C16H30N2O/c1-14(2)12(15(14,3)4)10-18-13(19)16(11-17)8-6-5-7-9-16/h12H,5-11,17H2,1-4H3,(H,18,19). The Labute approximate surface area is 117 Å². The zero-order chi connectivity index (χ0) is 14.3. The molecule has 0 unspecified atom stereocenters. The molecule has 0 aliphatic heterocycles. The van der Waals surface area contributed by atoms with E-state index in [4.69, 9.17) is 5.73 Å². The van der Waals surface area contributed by atoms with Crippen molar-refractivity contribution >= 4 is 5.91 Å². The van der Waals surface area contributed by atoms with Gasteiger partial charge in [-0.2, -0.15) is 0 Å². The normalized spacial score (nSPS) is 27.8. The van der Waals surface area contributed by atoms with Crippen molar-refractivity contribution in [1.82, 2.24) is 5.32 Å². The highest BCUT2D eigenvalue weighted by Crippen LogP contribution is 2.67. The first kappa shape index (κ1) is 14.8. The fourth-order valence-corrected chi connectivity index (χ4v) is 3.98. The predicted octanol–water partition coefficient (Wildman–Crippen LogP) is 2.69. The van der Waals surface area contributed by atoms with Crippen LogP contribution >= 0.6 is 0 Å². The molecule has 3 heteroatoms. The zero-order valence-electron chi connectivity index (χ0n) is 13.0. The quantitative estimate of drug-likeness (QED) is 0.822. The number of nitrogens with two attached hydrogens (primary N) is 1. The lowest BCUT2D eigenvalue weighted by atomic mass is 9.73. The van der Waals surface area contributed by atoms with E-state index in [0.29, 0.717) is 23.3 Å².